The van der Waals surface area contributed by atoms with Gasteiger partial charge in [-0.1, -0.05) is 6.07 Å². The molecule has 1 N–H and O–H groups in total. The first kappa shape index (κ1) is 14.1. The number of imidazole rings is 2. The highest BCUT2D eigenvalue weighted by Gasteiger charge is 2.08. The van der Waals surface area contributed by atoms with Crippen LogP contribution >= 0.6 is 11.3 Å². The standard InChI is InChI=1S/C17H17N5S/c1-11-8-12(2)22-10-13(20-17(22)19-11)5-6-16-18-9-14(21-16)15-4-3-7-23-15/h3-4,7-10H,5-6H2,1-2H3,(H,18,21). The molecule has 0 aromatic carbocycles. The van der Waals surface area contributed by atoms with Crippen molar-refractivity contribution in [3.8, 4) is 10.6 Å². The Morgan fingerprint density at radius 2 is 2.13 bits per heavy atom. The maximum atomic E-state index is 4.62. The van der Waals surface area contributed by atoms with Gasteiger partial charge in [0.15, 0.2) is 0 Å². The highest BCUT2D eigenvalue weighted by atomic mass is 32.1. The van der Waals surface area contributed by atoms with E-state index in [1.54, 1.807) is 11.3 Å². The average Bonchev–Trinajstić information content (AvgIpc) is 3.24. The van der Waals surface area contributed by atoms with Gasteiger partial charge in [-0.25, -0.2) is 15.0 Å². The lowest BCUT2D eigenvalue weighted by Gasteiger charge is -1.98. The van der Waals surface area contributed by atoms with Gasteiger partial charge in [0.2, 0.25) is 5.78 Å². The highest BCUT2D eigenvalue weighted by Crippen LogP contribution is 2.22. The first-order chi connectivity index (χ1) is 11.2. The normalized spacial score (nSPS) is 11.4. The van der Waals surface area contributed by atoms with Gasteiger partial charge in [0, 0.05) is 24.0 Å². The quantitative estimate of drug-likeness (QED) is 0.624. The van der Waals surface area contributed by atoms with Gasteiger partial charge in [-0.2, -0.15) is 0 Å². The Morgan fingerprint density at radius 3 is 2.96 bits per heavy atom. The number of fused-ring (bicyclic) bond motifs is 1. The van der Waals surface area contributed by atoms with E-state index in [0.29, 0.717) is 0 Å². The minimum Gasteiger partial charge on any atom is -0.341 e. The molecule has 4 rings (SSSR count). The highest BCUT2D eigenvalue weighted by molar-refractivity contribution is 7.13. The number of hydrogen-bond acceptors (Lipinski definition) is 4. The van der Waals surface area contributed by atoms with Crippen molar-refractivity contribution in [3.63, 3.8) is 0 Å². The predicted octanol–water partition coefficient (Wildman–Crippen LogP) is 3.58. The molecule has 0 spiro atoms. The first-order valence-corrected chi connectivity index (χ1v) is 8.47. The summed E-state index contributed by atoms with van der Waals surface area (Å²) >= 11 is 1.71. The smallest absolute Gasteiger partial charge is 0.234 e. The minimum atomic E-state index is 0.774. The van der Waals surface area contributed by atoms with Gasteiger partial charge in [0.1, 0.15) is 5.82 Å². The van der Waals surface area contributed by atoms with E-state index in [-0.39, 0.29) is 0 Å². The SMILES string of the molecule is Cc1cc(C)n2cc(CCc3ncc(-c4cccs4)[nH]3)nc2n1. The summed E-state index contributed by atoms with van der Waals surface area (Å²) in [6.45, 7) is 4.07. The van der Waals surface area contributed by atoms with Crippen LogP contribution in [0, 0.1) is 13.8 Å². The molecule has 0 radical (unpaired) electrons. The molecule has 23 heavy (non-hydrogen) atoms. The summed E-state index contributed by atoms with van der Waals surface area (Å²) < 4.78 is 2.04. The molecule has 4 heterocycles. The van der Waals surface area contributed by atoms with E-state index in [9.17, 15) is 0 Å². The van der Waals surface area contributed by atoms with Crippen molar-refractivity contribution < 1.29 is 0 Å². The Morgan fingerprint density at radius 1 is 1.22 bits per heavy atom. The molecule has 116 valence electrons. The van der Waals surface area contributed by atoms with Crippen LogP contribution in [0.4, 0.5) is 0 Å². The Labute approximate surface area is 138 Å². The Bertz CT molecular complexity index is 949. The monoisotopic (exact) mass is 323 g/mol. The third-order valence-electron chi connectivity index (χ3n) is 3.84. The molecule has 0 aliphatic rings. The van der Waals surface area contributed by atoms with Crippen molar-refractivity contribution in [3.05, 3.63) is 58.9 Å². The number of aromatic nitrogens is 5. The molecule has 4 aromatic rings. The number of rotatable bonds is 4. The molecule has 5 nitrogen and oxygen atoms in total. The van der Waals surface area contributed by atoms with Crippen molar-refractivity contribution in [2.45, 2.75) is 26.7 Å². The van der Waals surface area contributed by atoms with Gasteiger partial charge >= 0.3 is 0 Å². The van der Waals surface area contributed by atoms with Gasteiger partial charge in [-0.3, -0.25) is 4.40 Å². The van der Waals surface area contributed by atoms with Crippen LogP contribution < -0.4 is 0 Å². The fraction of sp³-hybridized carbons (Fsp3) is 0.235. The molecule has 0 fully saturated rings. The number of aryl methyl sites for hydroxylation is 4. The number of H-pyrrole nitrogens is 1. The summed E-state index contributed by atoms with van der Waals surface area (Å²) in [6.07, 6.45) is 5.66. The first-order valence-electron chi connectivity index (χ1n) is 7.59. The molecule has 4 aromatic heterocycles. The van der Waals surface area contributed by atoms with Crippen LogP contribution in [0.25, 0.3) is 16.3 Å². The van der Waals surface area contributed by atoms with Crippen LogP contribution in [0.3, 0.4) is 0 Å². The minimum absolute atomic E-state index is 0.774. The summed E-state index contributed by atoms with van der Waals surface area (Å²) in [7, 11) is 0. The van der Waals surface area contributed by atoms with Crippen LogP contribution in [0.1, 0.15) is 22.9 Å². The van der Waals surface area contributed by atoms with Crippen LogP contribution in [0.15, 0.2) is 36.0 Å². The third-order valence-corrected chi connectivity index (χ3v) is 4.75. The Hall–Kier alpha value is -2.47. The molecule has 0 aliphatic heterocycles. The van der Waals surface area contributed by atoms with Crippen LogP contribution in [0.2, 0.25) is 0 Å². The molecule has 0 bridgehead atoms. The van der Waals surface area contributed by atoms with Crippen molar-refractivity contribution >= 4 is 17.1 Å². The van der Waals surface area contributed by atoms with E-state index in [1.807, 2.05) is 17.5 Å². The summed E-state index contributed by atoms with van der Waals surface area (Å²) in [5, 5.41) is 2.07. The zero-order valence-corrected chi connectivity index (χ0v) is 13.9. The van der Waals surface area contributed by atoms with Crippen molar-refractivity contribution in [1.82, 2.24) is 24.3 Å². The predicted molar refractivity (Wildman–Crippen MR) is 91.8 cm³/mol. The Kier molecular flexibility index (Phi) is 3.46. The lowest BCUT2D eigenvalue weighted by atomic mass is 10.2. The number of thiophene rings is 1. The zero-order valence-electron chi connectivity index (χ0n) is 13.1. The second-order valence-corrected chi connectivity index (χ2v) is 6.61. The van der Waals surface area contributed by atoms with E-state index in [0.717, 1.165) is 47.2 Å². The van der Waals surface area contributed by atoms with E-state index in [1.165, 1.54) is 4.88 Å². The second kappa shape index (κ2) is 5.62. The molecule has 0 saturated heterocycles. The summed E-state index contributed by atoms with van der Waals surface area (Å²) in [4.78, 5) is 18.2. The third kappa shape index (κ3) is 2.77. The molecule has 0 unspecified atom stereocenters. The van der Waals surface area contributed by atoms with Gasteiger partial charge < -0.3 is 4.98 Å². The molecular weight excluding hydrogens is 306 g/mol. The fourth-order valence-corrected chi connectivity index (χ4v) is 3.42. The van der Waals surface area contributed by atoms with Crippen LogP contribution in [0.5, 0.6) is 0 Å². The fourth-order valence-electron chi connectivity index (χ4n) is 2.73. The molecule has 6 heteroatoms. The van der Waals surface area contributed by atoms with Gasteiger partial charge in [0.25, 0.3) is 0 Å². The van der Waals surface area contributed by atoms with Crippen molar-refractivity contribution in [2.24, 2.45) is 0 Å². The van der Waals surface area contributed by atoms with Crippen molar-refractivity contribution in [2.75, 3.05) is 0 Å². The van der Waals surface area contributed by atoms with Crippen molar-refractivity contribution in [1.29, 1.82) is 0 Å². The topological polar surface area (TPSA) is 58.9 Å². The number of hydrogen-bond donors (Lipinski definition) is 1. The zero-order chi connectivity index (χ0) is 15.8. The molecule has 0 amide bonds. The van der Waals surface area contributed by atoms with Gasteiger partial charge in [0.05, 0.1) is 22.5 Å². The lowest BCUT2D eigenvalue weighted by molar-refractivity contribution is 0.864. The summed E-state index contributed by atoms with van der Waals surface area (Å²) in [5.74, 6) is 1.77. The molecule has 0 saturated carbocycles. The van der Waals surface area contributed by atoms with Gasteiger partial charge in [-0.05, 0) is 37.8 Å². The van der Waals surface area contributed by atoms with Crippen LogP contribution in [-0.2, 0) is 12.8 Å². The lowest BCUT2D eigenvalue weighted by Crippen LogP contribution is -1.94. The van der Waals surface area contributed by atoms with E-state index < -0.39 is 0 Å². The maximum absolute atomic E-state index is 4.62. The Balaban J connectivity index is 1.52. The molecule has 0 atom stereocenters. The molecular formula is C17H17N5S. The largest absolute Gasteiger partial charge is 0.341 e. The number of nitrogens with zero attached hydrogens (tertiary/aromatic N) is 4. The van der Waals surface area contributed by atoms with E-state index >= 15 is 0 Å². The number of nitrogens with one attached hydrogen (secondary N) is 1. The summed E-state index contributed by atoms with van der Waals surface area (Å²) in [5.41, 5.74) is 4.28. The number of aromatic amines is 1. The summed E-state index contributed by atoms with van der Waals surface area (Å²) in [6, 6.07) is 6.22. The van der Waals surface area contributed by atoms with E-state index in [4.69, 9.17) is 0 Å². The average molecular weight is 323 g/mol. The molecule has 0 aliphatic carbocycles. The van der Waals surface area contributed by atoms with Gasteiger partial charge in [-0.15, -0.1) is 11.3 Å². The maximum Gasteiger partial charge on any atom is 0.234 e. The second-order valence-electron chi connectivity index (χ2n) is 5.66. The van der Waals surface area contributed by atoms with E-state index in [2.05, 4.69) is 56.6 Å². The van der Waals surface area contributed by atoms with Crippen LogP contribution in [-0.4, -0.2) is 24.3 Å².